The fourth-order valence-corrected chi connectivity index (χ4v) is 1.65. The Balaban J connectivity index is 2.10. The van der Waals surface area contributed by atoms with Gasteiger partial charge in [0.15, 0.2) is 17.4 Å². The first-order chi connectivity index (χ1) is 9.72. The molecule has 8 nitrogen and oxygen atoms in total. The van der Waals surface area contributed by atoms with Crippen LogP contribution in [0.15, 0.2) is 47.3 Å². The molecule has 0 fully saturated rings. The minimum Gasteiger partial charge on any atom is -0.465 e. The number of anilines is 1. The Labute approximate surface area is 112 Å². The average Bonchev–Trinajstić information content (AvgIpc) is 3.11. The number of rotatable bonds is 3. The van der Waals surface area contributed by atoms with Gasteiger partial charge in [0, 0.05) is 18.5 Å². The van der Waals surface area contributed by atoms with Crippen LogP contribution in [-0.4, -0.2) is 30.9 Å². The maximum atomic E-state index is 10.7. The second kappa shape index (κ2) is 4.84. The Bertz CT molecular complexity index is 669. The van der Waals surface area contributed by atoms with Crippen molar-refractivity contribution >= 4 is 11.9 Å². The van der Waals surface area contributed by atoms with Gasteiger partial charge in [-0.05, 0) is 18.2 Å². The number of carboxylic acid groups (broad SMARTS) is 1. The predicted molar refractivity (Wildman–Crippen MR) is 68.5 cm³/mol. The molecule has 0 unspecified atom stereocenters. The van der Waals surface area contributed by atoms with Crippen molar-refractivity contribution in [2.45, 2.75) is 0 Å². The molecule has 0 bridgehead atoms. The second-order valence-electron chi connectivity index (χ2n) is 3.79. The highest BCUT2D eigenvalue weighted by Gasteiger charge is 2.11. The van der Waals surface area contributed by atoms with Gasteiger partial charge in [-0.1, -0.05) is 0 Å². The minimum atomic E-state index is -1.21. The summed E-state index contributed by atoms with van der Waals surface area (Å²) in [6.45, 7) is 0. The van der Waals surface area contributed by atoms with Gasteiger partial charge in [0.1, 0.15) is 5.82 Å². The van der Waals surface area contributed by atoms with Crippen molar-refractivity contribution in [3.63, 3.8) is 0 Å². The number of furan rings is 1. The summed E-state index contributed by atoms with van der Waals surface area (Å²) >= 11 is 0. The summed E-state index contributed by atoms with van der Waals surface area (Å²) in [5.41, 5.74) is 0. The molecule has 3 aromatic heterocycles. The van der Waals surface area contributed by atoms with Crippen molar-refractivity contribution in [1.82, 2.24) is 19.7 Å². The zero-order valence-electron chi connectivity index (χ0n) is 10.1. The van der Waals surface area contributed by atoms with Crippen LogP contribution in [0.5, 0.6) is 0 Å². The molecule has 8 heteroatoms. The maximum Gasteiger partial charge on any atom is 0.410 e. The Morgan fingerprint density at radius 3 is 2.90 bits per heavy atom. The fourth-order valence-electron chi connectivity index (χ4n) is 1.65. The van der Waals surface area contributed by atoms with Crippen molar-refractivity contribution in [2.24, 2.45) is 0 Å². The number of amides is 1. The minimum absolute atomic E-state index is 0.143. The number of carbonyl (C=O) groups is 1. The van der Waals surface area contributed by atoms with Crippen molar-refractivity contribution in [3.8, 4) is 17.4 Å². The van der Waals surface area contributed by atoms with E-state index in [0.29, 0.717) is 11.6 Å². The van der Waals surface area contributed by atoms with Gasteiger partial charge in [0.05, 0.1) is 6.26 Å². The SMILES string of the molecule is O=C(O)Nc1cc(-n2cccn2)nc(-c2ccco2)n1. The molecule has 20 heavy (non-hydrogen) atoms. The van der Waals surface area contributed by atoms with Gasteiger partial charge >= 0.3 is 6.09 Å². The van der Waals surface area contributed by atoms with Gasteiger partial charge in [-0.3, -0.25) is 5.32 Å². The van der Waals surface area contributed by atoms with E-state index >= 15 is 0 Å². The molecule has 0 aliphatic rings. The van der Waals surface area contributed by atoms with Crippen molar-refractivity contribution in [1.29, 1.82) is 0 Å². The monoisotopic (exact) mass is 271 g/mol. The zero-order chi connectivity index (χ0) is 13.9. The predicted octanol–water partition coefficient (Wildman–Crippen LogP) is 2.01. The molecule has 0 saturated carbocycles. The number of aromatic nitrogens is 4. The van der Waals surface area contributed by atoms with E-state index < -0.39 is 6.09 Å². The normalized spacial score (nSPS) is 10.4. The van der Waals surface area contributed by atoms with Crippen molar-refractivity contribution in [3.05, 3.63) is 42.9 Å². The van der Waals surface area contributed by atoms with Crippen LogP contribution in [0, 0.1) is 0 Å². The molecule has 0 atom stereocenters. The van der Waals surface area contributed by atoms with Crippen LogP contribution in [0.1, 0.15) is 0 Å². The van der Waals surface area contributed by atoms with E-state index in [2.05, 4.69) is 20.4 Å². The lowest BCUT2D eigenvalue weighted by Gasteiger charge is -2.06. The summed E-state index contributed by atoms with van der Waals surface area (Å²) in [5, 5.41) is 15.0. The second-order valence-corrected chi connectivity index (χ2v) is 3.79. The third-order valence-corrected chi connectivity index (χ3v) is 2.43. The number of nitrogens with zero attached hydrogens (tertiary/aromatic N) is 4. The smallest absolute Gasteiger partial charge is 0.410 e. The molecule has 0 aromatic carbocycles. The molecule has 0 aliphatic carbocycles. The summed E-state index contributed by atoms with van der Waals surface area (Å²) in [4.78, 5) is 19.1. The van der Waals surface area contributed by atoms with Crippen LogP contribution >= 0.6 is 0 Å². The number of nitrogens with one attached hydrogen (secondary N) is 1. The summed E-state index contributed by atoms with van der Waals surface area (Å²) in [7, 11) is 0. The Hall–Kier alpha value is -3.16. The number of hydrogen-bond donors (Lipinski definition) is 2. The first-order valence-electron chi connectivity index (χ1n) is 5.65. The van der Waals surface area contributed by atoms with Crippen molar-refractivity contribution < 1.29 is 14.3 Å². The quantitative estimate of drug-likeness (QED) is 0.754. The van der Waals surface area contributed by atoms with Crippen LogP contribution in [0.2, 0.25) is 0 Å². The van der Waals surface area contributed by atoms with E-state index in [0.717, 1.165) is 0 Å². The summed E-state index contributed by atoms with van der Waals surface area (Å²) in [6, 6.07) is 6.60. The topological polar surface area (TPSA) is 106 Å². The summed E-state index contributed by atoms with van der Waals surface area (Å²) < 4.78 is 6.72. The van der Waals surface area contributed by atoms with Crippen LogP contribution in [0.25, 0.3) is 17.4 Å². The molecule has 3 aromatic rings. The Morgan fingerprint density at radius 1 is 1.35 bits per heavy atom. The fraction of sp³-hybridized carbons (Fsp3) is 0. The highest BCUT2D eigenvalue weighted by Crippen LogP contribution is 2.19. The van der Waals surface area contributed by atoms with Gasteiger partial charge in [0.2, 0.25) is 0 Å². The maximum absolute atomic E-state index is 10.7. The molecule has 3 heterocycles. The van der Waals surface area contributed by atoms with Crippen LogP contribution in [0.4, 0.5) is 10.6 Å². The van der Waals surface area contributed by atoms with Gasteiger partial charge < -0.3 is 9.52 Å². The van der Waals surface area contributed by atoms with E-state index in [4.69, 9.17) is 9.52 Å². The molecular formula is C12H9N5O3. The van der Waals surface area contributed by atoms with Crippen molar-refractivity contribution in [2.75, 3.05) is 5.32 Å². The van der Waals surface area contributed by atoms with Gasteiger partial charge in [-0.15, -0.1) is 0 Å². The first kappa shape index (κ1) is 11.9. The van der Waals surface area contributed by atoms with Gasteiger partial charge in [-0.25, -0.2) is 19.4 Å². The first-order valence-corrected chi connectivity index (χ1v) is 5.65. The lowest BCUT2D eigenvalue weighted by Crippen LogP contribution is -2.11. The lowest BCUT2D eigenvalue weighted by atomic mass is 10.4. The Kier molecular flexibility index (Phi) is 2.88. The average molecular weight is 271 g/mol. The van der Waals surface area contributed by atoms with Crippen LogP contribution < -0.4 is 5.32 Å². The number of hydrogen-bond acceptors (Lipinski definition) is 5. The van der Waals surface area contributed by atoms with E-state index in [1.165, 1.54) is 17.0 Å². The molecule has 3 rings (SSSR count). The molecule has 0 spiro atoms. The van der Waals surface area contributed by atoms with Crippen LogP contribution in [0.3, 0.4) is 0 Å². The molecule has 100 valence electrons. The molecule has 2 N–H and O–H groups in total. The third kappa shape index (κ3) is 2.34. The van der Waals surface area contributed by atoms with E-state index in [1.807, 2.05) is 0 Å². The van der Waals surface area contributed by atoms with E-state index in [9.17, 15) is 4.79 Å². The highest BCUT2D eigenvalue weighted by atomic mass is 16.4. The van der Waals surface area contributed by atoms with Gasteiger partial charge in [0.25, 0.3) is 0 Å². The van der Waals surface area contributed by atoms with Crippen LogP contribution in [-0.2, 0) is 0 Å². The summed E-state index contributed by atoms with van der Waals surface area (Å²) in [5.74, 6) is 1.28. The molecule has 1 amide bonds. The van der Waals surface area contributed by atoms with E-state index in [1.54, 1.807) is 30.6 Å². The third-order valence-electron chi connectivity index (χ3n) is 2.43. The lowest BCUT2D eigenvalue weighted by molar-refractivity contribution is 0.209. The Morgan fingerprint density at radius 2 is 2.25 bits per heavy atom. The molecule has 0 aliphatic heterocycles. The molecule has 0 radical (unpaired) electrons. The standard InChI is InChI=1S/C12H9N5O3/c18-12(19)15-9-7-10(17-5-2-4-13-17)16-11(14-9)8-3-1-6-20-8/h1-7H,(H,18,19)(H,14,15,16). The summed E-state index contributed by atoms with van der Waals surface area (Å²) in [6.07, 6.45) is 3.57. The van der Waals surface area contributed by atoms with Gasteiger partial charge in [-0.2, -0.15) is 5.10 Å². The van der Waals surface area contributed by atoms with E-state index in [-0.39, 0.29) is 11.6 Å². The zero-order valence-corrected chi connectivity index (χ0v) is 10.1. The molecular weight excluding hydrogens is 262 g/mol. The largest absolute Gasteiger partial charge is 0.465 e. The highest BCUT2D eigenvalue weighted by molar-refractivity contribution is 5.82. The molecule has 0 saturated heterocycles.